The number of piperazine rings is 1. The third-order valence-corrected chi connectivity index (χ3v) is 6.00. The third-order valence-electron chi connectivity index (χ3n) is 5.68. The maximum absolute atomic E-state index is 12.8. The van der Waals surface area contributed by atoms with Gasteiger partial charge in [0.05, 0.1) is 16.6 Å². The monoisotopic (exact) mass is 376 g/mol. The van der Waals surface area contributed by atoms with Crippen LogP contribution in [0.2, 0.25) is 5.02 Å². The highest BCUT2D eigenvalue weighted by molar-refractivity contribution is 6.34. The average molecular weight is 377 g/mol. The van der Waals surface area contributed by atoms with E-state index in [4.69, 9.17) is 11.6 Å². The van der Waals surface area contributed by atoms with E-state index in [0.29, 0.717) is 42.8 Å². The van der Waals surface area contributed by atoms with Gasteiger partial charge in [-0.2, -0.15) is 0 Å². The number of carbonyl (C=O) groups is 2. The molecule has 0 unspecified atom stereocenters. The molecule has 3 fully saturated rings. The van der Waals surface area contributed by atoms with Crippen molar-refractivity contribution in [3.63, 3.8) is 0 Å². The van der Waals surface area contributed by atoms with E-state index in [2.05, 4.69) is 10.6 Å². The van der Waals surface area contributed by atoms with Gasteiger partial charge in [0.25, 0.3) is 5.91 Å². The molecule has 2 heterocycles. The van der Waals surface area contributed by atoms with Crippen molar-refractivity contribution in [3.8, 4) is 0 Å². The van der Waals surface area contributed by atoms with E-state index in [0.717, 1.165) is 38.0 Å². The van der Waals surface area contributed by atoms with Gasteiger partial charge in [-0.3, -0.25) is 9.59 Å². The van der Waals surface area contributed by atoms with E-state index in [9.17, 15) is 9.59 Å². The number of carbonyl (C=O) groups excluding carboxylic acids is 2. The quantitative estimate of drug-likeness (QED) is 0.841. The highest BCUT2D eigenvalue weighted by atomic mass is 35.5. The molecule has 0 bridgehead atoms. The summed E-state index contributed by atoms with van der Waals surface area (Å²) < 4.78 is 0. The first-order chi connectivity index (χ1) is 12.6. The van der Waals surface area contributed by atoms with Crippen LogP contribution in [0.3, 0.4) is 0 Å². The van der Waals surface area contributed by atoms with Gasteiger partial charge in [-0.05, 0) is 31.0 Å². The van der Waals surface area contributed by atoms with Crippen molar-refractivity contribution < 1.29 is 9.59 Å². The number of amides is 2. The lowest BCUT2D eigenvalue weighted by molar-refractivity contribution is -0.139. The number of nitrogens with zero attached hydrogens (tertiary/aromatic N) is 2. The fourth-order valence-electron chi connectivity index (χ4n) is 3.62. The van der Waals surface area contributed by atoms with Crippen LogP contribution in [0.25, 0.3) is 0 Å². The van der Waals surface area contributed by atoms with Crippen molar-refractivity contribution in [2.45, 2.75) is 25.3 Å². The molecule has 26 heavy (non-hydrogen) atoms. The molecule has 1 saturated carbocycles. The molecule has 3 aliphatic rings. The first kappa shape index (κ1) is 17.6. The smallest absolute Gasteiger partial charge is 0.255 e. The van der Waals surface area contributed by atoms with Crippen LogP contribution < -0.4 is 10.6 Å². The second-order valence-corrected chi connectivity index (χ2v) is 7.85. The predicted octanol–water partition coefficient (Wildman–Crippen LogP) is 1.81. The van der Waals surface area contributed by atoms with Crippen LogP contribution in [-0.2, 0) is 4.79 Å². The van der Waals surface area contributed by atoms with Gasteiger partial charge in [-0.25, -0.2) is 0 Å². The van der Waals surface area contributed by atoms with Crippen molar-refractivity contribution in [1.82, 2.24) is 15.1 Å². The molecule has 2 saturated heterocycles. The fraction of sp³-hybridized carbons (Fsp3) is 0.579. The summed E-state index contributed by atoms with van der Waals surface area (Å²) in [5, 5.41) is 7.07. The summed E-state index contributed by atoms with van der Waals surface area (Å²) in [7, 11) is 0. The highest BCUT2D eigenvalue weighted by Crippen LogP contribution is 2.29. The molecule has 140 valence electrons. The van der Waals surface area contributed by atoms with Crippen LogP contribution in [-0.4, -0.2) is 66.9 Å². The topological polar surface area (TPSA) is 64.7 Å². The third kappa shape index (κ3) is 3.53. The summed E-state index contributed by atoms with van der Waals surface area (Å²) in [5.41, 5.74) is 1.47. The molecular formula is C19H25ClN4O2. The lowest BCUT2D eigenvalue weighted by Crippen LogP contribution is -2.52. The summed E-state index contributed by atoms with van der Waals surface area (Å²) in [5.74, 6) is 0.433. The van der Waals surface area contributed by atoms with Crippen LogP contribution in [0.5, 0.6) is 0 Å². The van der Waals surface area contributed by atoms with Crippen molar-refractivity contribution in [1.29, 1.82) is 0 Å². The number of anilines is 1. The van der Waals surface area contributed by atoms with E-state index in [1.54, 1.807) is 11.0 Å². The molecule has 2 aliphatic heterocycles. The largest absolute Gasteiger partial charge is 0.380 e. The van der Waals surface area contributed by atoms with Crippen LogP contribution in [0.4, 0.5) is 5.69 Å². The summed E-state index contributed by atoms with van der Waals surface area (Å²) in [6, 6.07) is 5.95. The SMILES string of the molecule is O=C(c1ccc(NC2CNC2)cc1Cl)N1CCN(C(=O)C2CCC2)CC1. The first-order valence-corrected chi connectivity index (χ1v) is 9.84. The van der Waals surface area contributed by atoms with Gasteiger partial charge in [0.15, 0.2) is 0 Å². The molecule has 2 N–H and O–H groups in total. The molecule has 1 aliphatic carbocycles. The van der Waals surface area contributed by atoms with Gasteiger partial charge < -0.3 is 20.4 Å². The average Bonchev–Trinajstić information content (AvgIpc) is 2.56. The Balaban J connectivity index is 1.34. The number of hydrogen-bond acceptors (Lipinski definition) is 4. The van der Waals surface area contributed by atoms with E-state index < -0.39 is 0 Å². The summed E-state index contributed by atoms with van der Waals surface area (Å²) in [6.45, 7) is 4.27. The Kier molecular flexibility index (Phi) is 5.05. The van der Waals surface area contributed by atoms with Gasteiger partial charge in [0.1, 0.15) is 0 Å². The Bertz CT molecular complexity index is 695. The van der Waals surface area contributed by atoms with Crippen molar-refractivity contribution in [2.75, 3.05) is 44.6 Å². The number of nitrogens with one attached hydrogen (secondary N) is 2. The van der Waals surface area contributed by atoms with E-state index in [-0.39, 0.29) is 17.7 Å². The van der Waals surface area contributed by atoms with Gasteiger partial charge in [-0.15, -0.1) is 0 Å². The van der Waals surface area contributed by atoms with Gasteiger partial charge in [0.2, 0.25) is 5.91 Å². The van der Waals surface area contributed by atoms with Gasteiger partial charge >= 0.3 is 0 Å². The van der Waals surface area contributed by atoms with E-state index in [1.165, 1.54) is 0 Å². The molecule has 1 aromatic carbocycles. The molecule has 2 amide bonds. The number of halogens is 1. The molecule has 4 rings (SSSR count). The van der Waals surface area contributed by atoms with Crippen molar-refractivity contribution in [3.05, 3.63) is 28.8 Å². The standard InChI is InChI=1S/C19H25ClN4O2/c20-17-10-14(22-15-11-21-12-15)4-5-16(17)19(26)24-8-6-23(7-9-24)18(25)13-2-1-3-13/h4-5,10,13,15,21-22H,1-3,6-9,11-12H2. The predicted molar refractivity (Wildman–Crippen MR) is 102 cm³/mol. The minimum atomic E-state index is -0.0531. The molecule has 0 radical (unpaired) electrons. The van der Waals surface area contributed by atoms with Crippen LogP contribution in [0.15, 0.2) is 18.2 Å². The molecule has 0 spiro atoms. The first-order valence-electron chi connectivity index (χ1n) is 9.46. The zero-order valence-corrected chi connectivity index (χ0v) is 15.6. The fourth-order valence-corrected chi connectivity index (χ4v) is 3.88. The molecular weight excluding hydrogens is 352 g/mol. The normalized spacial score (nSPS) is 21.1. The molecule has 1 aromatic rings. The maximum Gasteiger partial charge on any atom is 0.255 e. The highest BCUT2D eigenvalue weighted by Gasteiger charge is 2.32. The summed E-state index contributed by atoms with van der Waals surface area (Å²) >= 11 is 6.37. The Morgan fingerprint density at radius 1 is 1.08 bits per heavy atom. The lowest BCUT2D eigenvalue weighted by atomic mass is 9.84. The molecule has 0 aromatic heterocycles. The van der Waals surface area contributed by atoms with Crippen LogP contribution >= 0.6 is 11.6 Å². The number of hydrogen-bond donors (Lipinski definition) is 2. The van der Waals surface area contributed by atoms with Crippen molar-refractivity contribution >= 4 is 29.1 Å². The van der Waals surface area contributed by atoms with Crippen molar-refractivity contribution in [2.24, 2.45) is 5.92 Å². The molecule has 0 atom stereocenters. The molecule has 6 nitrogen and oxygen atoms in total. The van der Waals surface area contributed by atoms with E-state index >= 15 is 0 Å². The van der Waals surface area contributed by atoms with E-state index in [1.807, 2.05) is 17.0 Å². The Hall–Kier alpha value is -1.79. The zero-order valence-electron chi connectivity index (χ0n) is 14.8. The van der Waals surface area contributed by atoms with Gasteiger partial charge in [0, 0.05) is 50.9 Å². The lowest BCUT2D eigenvalue weighted by Gasteiger charge is -2.38. The molecule has 7 heteroatoms. The van der Waals surface area contributed by atoms with Crippen LogP contribution in [0, 0.1) is 5.92 Å². The zero-order chi connectivity index (χ0) is 18.1. The minimum absolute atomic E-state index is 0.0531. The summed E-state index contributed by atoms with van der Waals surface area (Å²) in [6.07, 6.45) is 3.20. The second kappa shape index (κ2) is 7.45. The Morgan fingerprint density at radius 2 is 1.77 bits per heavy atom. The summed E-state index contributed by atoms with van der Waals surface area (Å²) in [4.78, 5) is 28.8. The second-order valence-electron chi connectivity index (χ2n) is 7.44. The Labute approximate surface area is 158 Å². The number of benzene rings is 1. The van der Waals surface area contributed by atoms with Gasteiger partial charge in [-0.1, -0.05) is 18.0 Å². The number of rotatable bonds is 4. The maximum atomic E-state index is 12.8. The Morgan fingerprint density at radius 3 is 2.31 bits per heavy atom. The van der Waals surface area contributed by atoms with Crippen LogP contribution in [0.1, 0.15) is 29.6 Å². The minimum Gasteiger partial charge on any atom is -0.380 e.